The summed E-state index contributed by atoms with van der Waals surface area (Å²) < 4.78 is 10.4. The van der Waals surface area contributed by atoms with E-state index in [0.717, 1.165) is 6.54 Å². The molecule has 0 saturated heterocycles. The molecule has 0 aromatic rings. The molecule has 0 spiro atoms. The largest absolute Gasteiger partial charge is 0.392 e. The van der Waals surface area contributed by atoms with Gasteiger partial charge in [0.2, 0.25) is 0 Å². The van der Waals surface area contributed by atoms with Gasteiger partial charge in [-0.25, -0.2) is 0 Å². The molecule has 16 heavy (non-hydrogen) atoms. The number of nitrogens with one attached hydrogen (secondary N) is 1. The van der Waals surface area contributed by atoms with Crippen LogP contribution in [0.3, 0.4) is 0 Å². The number of ether oxygens (including phenoxy) is 2. The summed E-state index contributed by atoms with van der Waals surface area (Å²) in [5.41, 5.74) is 5.24. The van der Waals surface area contributed by atoms with Crippen molar-refractivity contribution in [3.05, 3.63) is 0 Å². The fourth-order valence-electron chi connectivity index (χ4n) is 0.861. The Kier molecular flexibility index (Phi) is 19.5. The van der Waals surface area contributed by atoms with E-state index < -0.39 is 0 Å². The van der Waals surface area contributed by atoms with Gasteiger partial charge in [-0.1, -0.05) is 13.8 Å². The third-order valence-electron chi connectivity index (χ3n) is 1.50. The zero-order valence-corrected chi connectivity index (χ0v) is 10.9. The molecule has 4 N–H and O–H groups in total. The van der Waals surface area contributed by atoms with Gasteiger partial charge in [0.25, 0.3) is 0 Å². The molecule has 5 nitrogen and oxygen atoms in total. The van der Waals surface area contributed by atoms with Crippen LogP contribution in [-0.2, 0) is 9.47 Å². The van der Waals surface area contributed by atoms with E-state index in [-0.39, 0.29) is 6.10 Å². The summed E-state index contributed by atoms with van der Waals surface area (Å²) in [5, 5.41) is 12.0. The summed E-state index contributed by atoms with van der Waals surface area (Å²) in [5.74, 6) is 0. The van der Waals surface area contributed by atoms with Crippen molar-refractivity contribution in [1.82, 2.24) is 5.32 Å². The first-order chi connectivity index (χ1) is 7.77. The van der Waals surface area contributed by atoms with Crippen LogP contribution in [0, 0.1) is 0 Å². The summed E-state index contributed by atoms with van der Waals surface area (Å²) in [7, 11) is 0. The summed E-state index contributed by atoms with van der Waals surface area (Å²) in [6.07, 6.45) is -0.303. The van der Waals surface area contributed by atoms with Crippen molar-refractivity contribution >= 4 is 0 Å². The Morgan fingerprint density at radius 1 is 1.12 bits per heavy atom. The van der Waals surface area contributed by atoms with Crippen molar-refractivity contribution in [2.45, 2.75) is 26.9 Å². The third kappa shape index (κ3) is 19.4. The van der Waals surface area contributed by atoms with Gasteiger partial charge >= 0.3 is 0 Å². The highest BCUT2D eigenvalue weighted by molar-refractivity contribution is 4.51. The van der Waals surface area contributed by atoms with Crippen molar-refractivity contribution in [2.24, 2.45) is 5.73 Å². The Morgan fingerprint density at radius 2 is 1.69 bits per heavy atom. The zero-order valence-electron chi connectivity index (χ0n) is 10.9. The van der Waals surface area contributed by atoms with Crippen molar-refractivity contribution in [1.29, 1.82) is 0 Å². The van der Waals surface area contributed by atoms with Gasteiger partial charge in [-0.3, -0.25) is 0 Å². The van der Waals surface area contributed by atoms with Crippen molar-refractivity contribution < 1.29 is 14.6 Å². The summed E-state index contributed by atoms with van der Waals surface area (Å²) in [4.78, 5) is 0. The van der Waals surface area contributed by atoms with Crippen LogP contribution in [-0.4, -0.2) is 57.3 Å². The van der Waals surface area contributed by atoms with E-state index in [1.54, 1.807) is 6.92 Å². The van der Waals surface area contributed by atoms with E-state index in [2.05, 4.69) is 5.32 Å². The maximum Gasteiger partial charge on any atom is 0.0701 e. The van der Waals surface area contributed by atoms with Crippen molar-refractivity contribution in [3.63, 3.8) is 0 Å². The fourth-order valence-corrected chi connectivity index (χ4v) is 0.861. The molecule has 0 rings (SSSR count). The van der Waals surface area contributed by atoms with Crippen LogP contribution < -0.4 is 11.1 Å². The molecule has 0 aliphatic carbocycles. The fraction of sp³-hybridized carbons (Fsp3) is 1.00. The van der Waals surface area contributed by atoms with Gasteiger partial charge in [-0.05, 0) is 6.92 Å². The van der Waals surface area contributed by atoms with Crippen LogP contribution in [0.4, 0.5) is 0 Å². The molecular weight excluding hydrogens is 208 g/mol. The van der Waals surface area contributed by atoms with E-state index in [9.17, 15) is 0 Å². The Balaban J connectivity index is 0. The molecule has 0 bridgehead atoms. The number of rotatable bonds is 10. The van der Waals surface area contributed by atoms with Gasteiger partial charge < -0.3 is 25.6 Å². The number of hydrogen-bond donors (Lipinski definition) is 3. The lowest BCUT2D eigenvalue weighted by atomic mass is 10.4. The van der Waals surface area contributed by atoms with Gasteiger partial charge in [0.15, 0.2) is 0 Å². The second kappa shape index (κ2) is 17.2. The van der Waals surface area contributed by atoms with Crippen LogP contribution >= 0.6 is 0 Å². The second-order valence-electron chi connectivity index (χ2n) is 3.07. The summed E-state index contributed by atoms with van der Waals surface area (Å²) >= 11 is 0. The van der Waals surface area contributed by atoms with E-state index in [0.29, 0.717) is 39.5 Å². The first kappa shape index (κ1) is 18.2. The minimum atomic E-state index is -0.303. The quantitative estimate of drug-likeness (QED) is 0.465. The molecule has 0 fully saturated rings. The standard InChI is InChI=1S/C9H22N2O3.C2H6/c1-9(12)8-11-3-5-14-7-6-13-4-2-10;1-2/h9,11-12H,2-8,10H2,1H3;1-2H3. The first-order valence-electron chi connectivity index (χ1n) is 6.01. The van der Waals surface area contributed by atoms with Crippen LogP contribution in [0.15, 0.2) is 0 Å². The number of aliphatic hydroxyl groups excluding tert-OH is 1. The Bertz CT molecular complexity index is 113. The number of hydrogen-bond acceptors (Lipinski definition) is 5. The Hall–Kier alpha value is -0.200. The van der Waals surface area contributed by atoms with Gasteiger partial charge in [-0.15, -0.1) is 0 Å². The van der Waals surface area contributed by atoms with Gasteiger partial charge in [0.05, 0.1) is 32.5 Å². The van der Waals surface area contributed by atoms with Crippen molar-refractivity contribution in [2.75, 3.05) is 46.1 Å². The molecule has 1 unspecified atom stereocenters. The topological polar surface area (TPSA) is 76.7 Å². The maximum atomic E-state index is 8.92. The first-order valence-corrected chi connectivity index (χ1v) is 6.01. The average Bonchev–Trinajstić information content (AvgIpc) is 2.29. The average molecular weight is 236 g/mol. The predicted octanol–water partition coefficient (Wildman–Crippen LogP) is -0.0251. The molecular formula is C11H28N2O3. The predicted molar refractivity (Wildman–Crippen MR) is 66.6 cm³/mol. The molecule has 100 valence electrons. The van der Waals surface area contributed by atoms with Gasteiger partial charge in [0.1, 0.15) is 0 Å². The van der Waals surface area contributed by atoms with E-state index >= 15 is 0 Å². The molecule has 0 aromatic heterocycles. The third-order valence-corrected chi connectivity index (χ3v) is 1.50. The molecule has 0 aliphatic heterocycles. The number of nitrogens with two attached hydrogens (primary N) is 1. The number of aliphatic hydroxyl groups is 1. The normalized spacial score (nSPS) is 11.8. The van der Waals surface area contributed by atoms with E-state index in [1.807, 2.05) is 13.8 Å². The summed E-state index contributed by atoms with van der Waals surface area (Å²) in [6, 6.07) is 0. The zero-order chi connectivity index (χ0) is 12.6. The van der Waals surface area contributed by atoms with E-state index in [1.165, 1.54) is 0 Å². The molecule has 0 aliphatic rings. The highest BCUT2D eigenvalue weighted by Gasteiger charge is 1.93. The minimum Gasteiger partial charge on any atom is -0.392 e. The Labute approximate surface area is 99.3 Å². The van der Waals surface area contributed by atoms with Gasteiger partial charge in [-0.2, -0.15) is 0 Å². The molecule has 0 heterocycles. The SMILES string of the molecule is CC.CC(O)CNCCOCCOCCN. The lowest BCUT2D eigenvalue weighted by Crippen LogP contribution is -2.28. The van der Waals surface area contributed by atoms with Crippen LogP contribution in [0.1, 0.15) is 20.8 Å². The van der Waals surface area contributed by atoms with Crippen molar-refractivity contribution in [3.8, 4) is 0 Å². The van der Waals surface area contributed by atoms with Crippen LogP contribution in [0.5, 0.6) is 0 Å². The second-order valence-corrected chi connectivity index (χ2v) is 3.07. The van der Waals surface area contributed by atoms with E-state index in [4.69, 9.17) is 20.3 Å². The molecule has 0 radical (unpaired) electrons. The Morgan fingerprint density at radius 3 is 2.19 bits per heavy atom. The molecule has 1 atom stereocenters. The minimum absolute atomic E-state index is 0.303. The highest BCUT2D eigenvalue weighted by atomic mass is 16.5. The highest BCUT2D eigenvalue weighted by Crippen LogP contribution is 1.78. The molecule has 0 aromatic carbocycles. The van der Waals surface area contributed by atoms with Crippen LogP contribution in [0.2, 0.25) is 0 Å². The molecule has 0 amide bonds. The van der Waals surface area contributed by atoms with Crippen LogP contribution in [0.25, 0.3) is 0 Å². The lowest BCUT2D eigenvalue weighted by molar-refractivity contribution is 0.0511. The molecule has 5 heteroatoms. The van der Waals surface area contributed by atoms with Gasteiger partial charge in [0, 0.05) is 19.6 Å². The monoisotopic (exact) mass is 236 g/mol. The maximum absolute atomic E-state index is 8.92. The smallest absolute Gasteiger partial charge is 0.0701 e. The molecule has 0 saturated carbocycles. The lowest BCUT2D eigenvalue weighted by Gasteiger charge is -2.07. The summed E-state index contributed by atoms with van der Waals surface area (Å²) in [6.45, 7) is 10.1.